The average molecular weight is 322 g/mol. The second kappa shape index (κ2) is 5.95. The van der Waals surface area contributed by atoms with E-state index in [-0.39, 0.29) is 12.1 Å². The lowest BCUT2D eigenvalue weighted by Gasteiger charge is -2.34. The van der Waals surface area contributed by atoms with E-state index < -0.39 is 0 Å². The number of benzene rings is 2. The van der Waals surface area contributed by atoms with Gasteiger partial charge in [0, 0.05) is 17.8 Å². The number of nitrogens with zero attached hydrogens (tertiary/aromatic N) is 1. The van der Waals surface area contributed by atoms with E-state index in [9.17, 15) is 4.79 Å². The molecule has 2 aromatic carbocycles. The summed E-state index contributed by atoms with van der Waals surface area (Å²) in [7, 11) is 2.25. The molecule has 4 heteroatoms. The summed E-state index contributed by atoms with van der Waals surface area (Å²) >= 11 is 0. The smallest absolute Gasteiger partial charge is 0.326 e. The molecule has 0 aliphatic carbocycles. The molecule has 0 aromatic heterocycles. The van der Waals surface area contributed by atoms with Gasteiger partial charge < -0.3 is 10.2 Å². The van der Waals surface area contributed by atoms with Crippen molar-refractivity contribution in [2.24, 2.45) is 0 Å². The Morgan fingerprint density at radius 3 is 2.79 bits per heavy atom. The summed E-state index contributed by atoms with van der Waals surface area (Å²) in [4.78, 5) is 16.6. The number of likely N-dealkylation sites (tertiary alicyclic amines) is 1. The van der Waals surface area contributed by atoms with Gasteiger partial charge in [0.25, 0.3) is 0 Å². The minimum absolute atomic E-state index is 0.0154. The van der Waals surface area contributed by atoms with Gasteiger partial charge in [0.15, 0.2) is 0 Å². The van der Waals surface area contributed by atoms with Crippen LogP contribution in [0.25, 0.3) is 0 Å². The highest BCUT2D eigenvalue weighted by Crippen LogP contribution is 2.43. The molecule has 2 N–H and O–H groups in total. The van der Waals surface area contributed by atoms with Crippen molar-refractivity contribution in [2.75, 3.05) is 30.4 Å². The standard InChI is InChI=1S/C20H23N3O/c1-14-8-9-18-16(12-14)17-13-22(2)11-10-19(17)23(18)20(24)21-15-6-4-3-5-7-15/h3-9,12,17,19H,10-11,13H2,1-2H3,(H,21,24)/p+1/t17-,19-/m0/s1. The number of anilines is 2. The summed E-state index contributed by atoms with van der Waals surface area (Å²) in [5.41, 5.74) is 4.53. The molecule has 2 aliphatic rings. The van der Waals surface area contributed by atoms with Gasteiger partial charge in [-0.2, -0.15) is 0 Å². The van der Waals surface area contributed by atoms with Gasteiger partial charge in [-0.3, -0.25) is 4.90 Å². The Labute approximate surface area is 143 Å². The lowest BCUT2D eigenvalue weighted by molar-refractivity contribution is -0.886. The van der Waals surface area contributed by atoms with E-state index in [4.69, 9.17) is 0 Å². The molecule has 124 valence electrons. The van der Waals surface area contributed by atoms with Gasteiger partial charge in [-0.25, -0.2) is 4.79 Å². The first-order valence-electron chi connectivity index (χ1n) is 8.70. The fourth-order valence-corrected chi connectivity index (χ4v) is 4.17. The minimum Gasteiger partial charge on any atom is -0.337 e. The van der Waals surface area contributed by atoms with Gasteiger partial charge in [0.1, 0.15) is 0 Å². The molecule has 2 heterocycles. The lowest BCUT2D eigenvalue weighted by Crippen LogP contribution is -3.11. The number of fused-ring (bicyclic) bond motifs is 3. The van der Waals surface area contributed by atoms with Crippen molar-refractivity contribution < 1.29 is 9.69 Å². The Morgan fingerprint density at radius 1 is 1.21 bits per heavy atom. The number of piperidine rings is 1. The summed E-state index contributed by atoms with van der Waals surface area (Å²) in [6.45, 7) is 4.33. The number of quaternary nitrogens is 1. The summed E-state index contributed by atoms with van der Waals surface area (Å²) < 4.78 is 0. The molecular formula is C20H24N3O+. The number of para-hydroxylation sites is 1. The number of rotatable bonds is 1. The van der Waals surface area contributed by atoms with Gasteiger partial charge in [0.05, 0.1) is 32.1 Å². The zero-order chi connectivity index (χ0) is 16.7. The molecule has 4 nitrogen and oxygen atoms in total. The van der Waals surface area contributed by atoms with E-state index in [2.05, 4.69) is 37.5 Å². The Kier molecular flexibility index (Phi) is 3.77. The lowest BCUT2D eigenvalue weighted by atomic mass is 9.89. The highest BCUT2D eigenvalue weighted by atomic mass is 16.2. The third-order valence-electron chi connectivity index (χ3n) is 5.32. The van der Waals surface area contributed by atoms with Gasteiger partial charge in [-0.15, -0.1) is 0 Å². The van der Waals surface area contributed by atoms with Crippen LogP contribution in [0.4, 0.5) is 16.2 Å². The molecule has 1 saturated heterocycles. The first kappa shape index (κ1) is 15.2. The van der Waals surface area contributed by atoms with Crippen molar-refractivity contribution in [1.29, 1.82) is 0 Å². The molecule has 1 fully saturated rings. The van der Waals surface area contributed by atoms with Crippen LogP contribution >= 0.6 is 0 Å². The zero-order valence-corrected chi connectivity index (χ0v) is 14.3. The average Bonchev–Trinajstić information content (AvgIpc) is 2.89. The van der Waals surface area contributed by atoms with Gasteiger partial charge in [-0.1, -0.05) is 35.9 Å². The normalized spacial score (nSPS) is 25.1. The number of hydrogen-bond acceptors (Lipinski definition) is 1. The van der Waals surface area contributed by atoms with E-state index >= 15 is 0 Å². The number of carbonyl (C=O) groups excluding carboxylic acids is 1. The largest absolute Gasteiger partial charge is 0.337 e. The quantitative estimate of drug-likeness (QED) is 0.831. The minimum atomic E-state index is -0.0154. The van der Waals surface area contributed by atoms with E-state index in [1.807, 2.05) is 35.2 Å². The van der Waals surface area contributed by atoms with Gasteiger partial charge >= 0.3 is 6.03 Å². The fourth-order valence-electron chi connectivity index (χ4n) is 4.17. The third kappa shape index (κ3) is 2.57. The highest BCUT2D eigenvalue weighted by Gasteiger charge is 2.45. The topological polar surface area (TPSA) is 36.8 Å². The number of urea groups is 1. The van der Waals surface area contributed by atoms with Crippen LogP contribution in [-0.2, 0) is 0 Å². The van der Waals surface area contributed by atoms with Crippen LogP contribution < -0.4 is 15.1 Å². The Hall–Kier alpha value is -2.33. The molecule has 24 heavy (non-hydrogen) atoms. The molecule has 2 aliphatic heterocycles. The molecule has 3 atom stereocenters. The monoisotopic (exact) mass is 322 g/mol. The molecule has 0 saturated carbocycles. The maximum absolute atomic E-state index is 13.0. The van der Waals surface area contributed by atoms with Gasteiger partial charge in [-0.05, 0) is 30.7 Å². The predicted molar refractivity (Wildman–Crippen MR) is 96.9 cm³/mol. The van der Waals surface area contributed by atoms with Crippen LogP contribution in [0, 0.1) is 6.92 Å². The highest BCUT2D eigenvalue weighted by molar-refractivity contribution is 6.04. The maximum atomic E-state index is 13.0. The second-order valence-electron chi connectivity index (χ2n) is 7.10. The van der Waals surface area contributed by atoms with Crippen molar-refractivity contribution in [2.45, 2.75) is 25.3 Å². The molecule has 2 amide bonds. The van der Waals surface area contributed by atoms with Crippen LogP contribution in [0.15, 0.2) is 48.5 Å². The van der Waals surface area contributed by atoms with Crippen LogP contribution in [0.3, 0.4) is 0 Å². The molecule has 0 spiro atoms. The summed E-state index contributed by atoms with van der Waals surface area (Å²) in [5, 5.41) is 3.06. The third-order valence-corrected chi connectivity index (χ3v) is 5.32. The van der Waals surface area contributed by atoms with Gasteiger partial charge in [0.2, 0.25) is 0 Å². The summed E-state index contributed by atoms with van der Waals surface area (Å²) in [6, 6.07) is 16.4. The zero-order valence-electron chi connectivity index (χ0n) is 14.3. The van der Waals surface area contributed by atoms with Crippen LogP contribution in [0.2, 0.25) is 0 Å². The number of carbonyl (C=O) groups is 1. The van der Waals surface area contributed by atoms with Crippen LogP contribution in [-0.4, -0.2) is 32.2 Å². The first-order valence-corrected chi connectivity index (χ1v) is 8.70. The molecule has 1 unspecified atom stereocenters. The van der Waals surface area contributed by atoms with E-state index in [0.717, 1.165) is 30.9 Å². The van der Waals surface area contributed by atoms with Crippen molar-refractivity contribution in [3.05, 3.63) is 59.7 Å². The predicted octanol–water partition coefficient (Wildman–Crippen LogP) is 2.42. The number of aryl methyl sites for hydroxylation is 1. The summed E-state index contributed by atoms with van der Waals surface area (Å²) in [5.74, 6) is 0.440. The molecule has 0 bridgehead atoms. The van der Waals surface area contributed by atoms with Crippen LogP contribution in [0.1, 0.15) is 23.5 Å². The Morgan fingerprint density at radius 2 is 2.00 bits per heavy atom. The SMILES string of the molecule is Cc1ccc2c(c1)[C@@H]1C[NH+](C)CC[C@@H]1N2C(=O)Nc1ccccc1. The van der Waals surface area contributed by atoms with Crippen molar-refractivity contribution in [3.8, 4) is 0 Å². The molecular weight excluding hydrogens is 298 g/mol. The van der Waals surface area contributed by atoms with E-state index in [0.29, 0.717) is 5.92 Å². The molecule has 4 rings (SSSR count). The molecule has 2 aromatic rings. The van der Waals surface area contributed by atoms with E-state index in [1.54, 1.807) is 4.90 Å². The number of hydrogen-bond donors (Lipinski definition) is 2. The maximum Gasteiger partial charge on any atom is 0.326 e. The van der Waals surface area contributed by atoms with Crippen molar-refractivity contribution >= 4 is 17.4 Å². The Bertz CT molecular complexity index is 759. The number of nitrogens with one attached hydrogen (secondary N) is 2. The number of likely N-dealkylation sites (N-methyl/N-ethyl adjacent to an activating group) is 1. The molecule has 0 radical (unpaired) electrons. The number of amides is 2. The van der Waals surface area contributed by atoms with Crippen molar-refractivity contribution in [1.82, 2.24) is 0 Å². The fraction of sp³-hybridized carbons (Fsp3) is 0.350. The first-order chi connectivity index (χ1) is 11.6. The second-order valence-corrected chi connectivity index (χ2v) is 7.10. The Balaban J connectivity index is 1.68. The van der Waals surface area contributed by atoms with Crippen LogP contribution in [0.5, 0.6) is 0 Å². The van der Waals surface area contributed by atoms with E-state index in [1.165, 1.54) is 11.1 Å². The summed E-state index contributed by atoms with van der Waals surface area (Å²) in [6.07, 6.45) is 1.05. The van der Waals surface area contributed by atoms with Crippen molar-refractivity contribution in [3.63, 3.8) is 0 Å².